The lowest BCUT2D eigenvalue weighted by Crippen LogP contribution is -2.32. The number of hydrogen-bond acceptors (Lipinski definition) is 5. The molecule has 1 heterocycles. The molecule has 1 aromatic heterocycles. The van der Waals surface area contributed by atoms with Gasteiger partial charge in [0.15, 0.2) is 6.29 Å². The Labute approximate surface area is 152 Å². The van der Waals surface area contributed by atoms with E-state index in [2.05, 4.69) is 24.4 Å². The molecule has 0 aromatic carbocycles. The summed E-state index contributed by atoms with van der Waals surface area (Å²) in [5.41, 5.74) is -0.650. The minimum atomic E-state index is -1.06. The van der Waals surface area contributed by atoms with Crippen molar-refractivity contribution in [1.29, 1.82) is 0 Å². The molecule has 3 rings (SSSR count). The van der Waals surface area contributed by atoms with Crippen LogP contribution in [0.1, 0.15) is 61.6 Å². The summed E-state index contributed by atoms with van der Waals surface area (Å²) in [5.74, 6) is 0.630. The number of carboxylic acids is 1. The van der Waals surface area contributed by atoms with Crippen molar-refractivity contribution in [3.8, 4) is 0 Å². The highest BCUT2D eigenvalue weighted by Crippen LogP contribution is 2.47. The van der Waals surface area contributed by atoms with Crippen LogP contribution in [-0.4, -0.2) is 23.4 Å². The number of fused-ring (bicyclic) bond motifs is 1. The van der Waals surface area contributed by atoms with Gasteiger partial charge in [-0.15, -0.1) is 0 Å². The van der Waals surface area contributed by atoms with Crippen LogP contribution in [0.15, 0.2) is 27.4 Å². The molecular weight excluding hydrogens is 334 g/mol. The first-order valence-corrected chi connectivity index (χ1v) is 9.23. The lowest BCUT2D eigenvalue weighted by molar-refractivity contribution is -0.137. The van der Waals surface area contributed by atoms with E-state index in [4.69, 9.17) is 9.52 Å². The average Bonchev–Trinajstić information content (AvgIpc) is 2.61. The Kier molecular flexibility index (Phi) is 5.30. The van der Waals surface area contributed by atoms with Gasteiger partial charge in [-0.05, 0) is 37.5 Å². The van der Waals surface area contributed by atoms with Crippen molar-refractivity contribution in [1.82, 2.24) is 0 Å². The SMILES string of the molecule is CC(Nc1cc(C2C(C)C=CC3CCCCC32)oc(=O)c1C=O)C(=O)O. The topological polar surface area (TPSA) is 96.6 Å². The Morgan fingerprint density at radius 1 is 1.35 bits per heavy atom. The molecule has 0 amide bonds. The predicted octanol–water partition coefficient (Wildman–Crippen LogP) is 3.43. The molecule has 5 atom stereocenters. The summed E-state index contributed by atoms with van der Waals surface area (Å²) in [7, 11) is 0. The Morgan fingerprint density at radius 3 is 2.77 bits per heavy atom. The summed E-state index contributed by atoms with van der Waals surface area (Å²) in [6, 6.07) is 0.728. The summed E-state index contributed by atoms with van der Waals surface area (Å²) in [6.45, 7) is 3.57. The van der Waals surface area contributed by atoms with E-state index in [-0.39, 0.29) is 23.1 Å². The Hall–Kier alpha value is -2.37. The first-order chi connectivity index (χ1) is 12.4. The minimum Gasteiger partial charge on any atom is -0.480 e. The molecule has 0 bridgehead atoms. The van der Waals surface area contributed by atoms with Gasteiger partial charge < -0.3 is 14.8 Å². The van der Waals surface area contributed by atoms with Gasteiger partial charge in [-0.1, -0.05) is 31.9 Å². The standard InChI is InChI=1S/C20H25NO5/c1-11-7-8-13-5-3-4-6-14(13)18(11)17-9-16(21-12(2)19(23)24)15(10-22)20(25)26-17/h7-14,18,21H,3-6H2,1-2H3,(H,23,24). The van der Waals surface area contributed by atoms with Crippen LogP contribution in [0.5, 0.6) is 0 Å². The third-order valence-electron chi connectivity index (χ3n) is 5.76. The molecule has 0 radical (unpaired) electrons. The number of hydrogen-bond donors (Lipinski definition) is 2. The number of carbonyl (C=O) groups is 2. The van der Waals surface area contributed by atoms with Crippen molar-refractivity contribution in [2.24, 2.45) is 17.8 Å². The maximum Gasteiger partial charge on any atom is 0.348 e. The molecule has 5 unspecified atom stereocenters. The molecule has 2 N–H and O–H groups in total. The molecule has 1 saturated carbocycles. The molecule has 6 nitrogen and oxygen atoms in total. The van der Waals surface area contributed by atoms with E-state index in [0.29, 0.717) is 23.9 Å². The zero-order valence-electron chi connectivity index (χ0n) is 15.1. The largest absolute Gasteiger partial charge is 0.480 e. The summed E-state index contributed by atoms with van der Waals surface area (Å²) in [6.07, 6.45) is 9.48. The first kappa shape index (κ1) is 18.4. The van der Waals surface area contributed by atoms with E-state index in [1.807, 2.05) is 0 Å². The molecule has 2 aliphatic rings. The molecule has 0 aliphatic heterocycles. The number of allylic oxidation sites excluding steroid dienone is 2. The molecular formula is C20H25NO5. The fourth-order valence-electron chi connectivity index (χ4n) is 4.38. The zero-order valence-corrected chi connectivity index (χ0v) is 15.1. The summed E-state index contributed by atoms with van der Waals surface area (Å²) >= 11 is 0. The minimum absolute atomic E-state index is 0.0550. The Balaban J connectivity index is 2.02. The number of nitrogens with one attached hydrogen (secondary N) is 1. The number of rotatable bonds is 5. The highest BCUT2D eigenvalue weighted by Gasteiger charge is 2.38. The van der Waals surface area contributed by atoms with Crippen molar-refractivity contribution in [2.45, 2.75) is 51.5 Å². The van der Waals surface area contributed by atoms with Crippen LogP contribution in [0.3, 0.4) is 0 Å². The van der Waals surface area contributed by atoms with Gasteiger partial charge in [0.1, 0.15) is 17.4 Å². The summed E-state index contributed by atoms with van der Waals surface area (Å²) in [5, 5.41) is 11.9. The average molecular weight is 359 g/mol. The van der Waals surface area contributed by atoms with Gasteiger partial charge in [0.25, 0.3) is 0 Å². The van der Waals surface area contributed by atoms with E-state index < -0.39 is 17.6 Å². The van der Waals surface area contributed by atoms with Gasteiger partial charge >= 0.3 is 11.6 Å². The molecule has 2 aliphatic carbocycles. The summed E-state index contributed by atoms with van der Waals surface area (Å²) < 4.78 is 5.53. The van der Waals surface area contributed by atoms with E-state index in [9.17, 15) is 14.4 Å². The maximum absolute atomic E-state index is 12.3. The highest BCUT2D eigenvalue weighted by molar-refractivity contribution is 5.85. The van der Waals surface area contributed by atoms with Gasteiger partial charge in [-0.25, -0.2) is 4.79 Å². The fourth-order valence-corrected chi connectivity index (χ4v) is 4.38. The van der Waals surface area contributed by atoms with Gasteiger partial charge in [-0.3, -0.25) is 9.59 Å². The van der Waals surface area contributed by atoms with Crippen molar-refractivity contribution in [2.75, 3.05) is 5.32 Å². The number of aldehydes is 1. The van der Waals surface area contributed by atoms with Crippen LogP contribution in [-0.2, 0) is 4.79 Å². The van der Waals surface area contributed by atoms with E-state index in [1.165, 1.54) is 13.3 Å². The van der Waals surface area contributed by atoms with Crippen molar-refractivity contribution < 1.29 is 19.1 Å². The van der Waals surface area contributed by atoms with Gasteiger partial charge in [-0.2, -0.15) is 0 Å². The third kappa shape index (κ3) is 3.45. The van der Waals surface area contributed by atoms with Crippen LogP contribution in [0.2, 0.25) is 0 Å². The van der Waals surface area contributed by atoms with Gasteiger partial charge in [0, 0.05) is 12.0 Å². The second-order valence-electron chi connectivity index (χ2n) is 7.47. The molecule has 1 fully saturated rings. The second-order valence-corrected chi connectivity index (χ2v) is 7.47. The highest BCUT2D eigenvalue weighted by atomic mass is 16.4. The van der Waals surface area contributed by atoms with E-state index in [1.54, 1.807) is 6.07 Å². The summed E-state index contributed by atoms with van der Waals surface area (Å²) in [4.78, 5) is 34.8. The Bertz CT molecular complexity index is 781. The van der Waals surface area contributed by atoms with Crippen LogP contribution in [0.4, 0.5) is 5.69 Å². The van der Waals surface area contributed by atoms with Crippen LogP contribution in [0.25, 0.3) is 0 Å². The van der Waals surface area contributed by atoms with Crippen LogP contribution in [0, 0.1) is 17.8 Å². The number of aliphatic carboxylic acids is 1. The van der Waals surface area contributed by atoms with Crippen molar-refractivity contribution in [3.05, 3.63) is 40.0 Å². The number of carbonyl (C=O) groups excluding carboxylic acids is 1. The van der Waals surface area contributed by atoms with E-state index >= 15 is 0 Å². The molecule has 6 heteroatoms. The lowest BCUT2D eigenvalue weighted by Gasteiger charge is -2.40. The first-order valence-electron chi connectivity index (χ1n) is 9.23. The van der Waals surface area contributed by atoms with Crippen molar-refractivity contribution in [3.63, 3.8) is 0 Å². The fraction of sp³-hybridized carbons (Fsp3) is 0.550. The predicted molar refractivity (Wildman–Crippen MR) is 97.6 cm³/mol. The van der Waals surface area contributed by atoms with E-state index in [0.717, 1.165) is 19.3 Å². The quantitative estimate of drug-likeness (QED) is 0.617. The van der Waals surface area contributed by atoms with Crippen LogP contribution < -0.4 is 10.9 Å². The smallest absolute Gasteiger partial charge is 0.348 e. The lowest BCUT2D eigenvalue weighted by atomic mass is 9.64. The molecule has 140 valence electrons. The zero-order chi connectivity index (χ0) is 18.8. The second kappa shape index (κ2) is 7.48. The normalized spacial score (nSPS) is 28.8. The molecule has 26 heavy (non-hydrogen) atoms. The maximum atomic E-state index is 12.3. The van der Waals surface area contributed by atoms with Crippen molar-refractivity contribution >= 4 is 17.9 Å². The Morgan fingerprint density at radius 2 is 2.08 bits per heavy atom. The molecule has 0 saturated heterocycles. The number of carboxylic acid groups (broad SMARTS) is 1. The number of anilines is 1. The van der Waals surface area contributed by atoms with Gasteiger partial charge in [0.05, 0.1) is 5.69 Å². The third-order valence-corrected chi connectivity index (χ3v) is 5.76. The van der Waals surface area contributed by atoms with Gasteiger partial charge in [0.2, 0.25) is 0 Å². The van der Waals surface area contributed by atoms with Crippen LogP contribution >= 0.6 is 0 Å². The molecule has 0 spiro atoms. The monoisotopic (exact) mass is 359 g/mol. The molecule has 1 aromatic rings.